The largest absolute Gasteiger partial charge is 0.495 e. The summed E-state index contributed by atoms with van der Waals surface area (Å²) in [6, 6.07) is 30.8. The number of benzene rings is 4. The van der Waals surface area contributed by atoms with Crippen molar-refractivity contribution < 1.29 is 24.1 Å². The third-order valence-corrected chi connectivity index (χ3v) is 10.7. The number of nitrogens with zero attached hydrogens (tertiary/aromatic N) is 2. The first kappa shape index (κ1) is 32.3. The van der Waals surface area contributed by atoms with Gasteiger partial charge in [0.15, 0.2) is 5.78 Å². The van der Waals surface area contributed by atoms with Crippen molar-refractivity contribution in [1.82, 2.24) is 4.90 Å². The molecular formula is C40H42N2O5S. The molecule has 48 heavy (non-hydrogen) atoms. The summed E-state index contributed by atoms with van der Waals surface area (Å²) >= 11 is 1.62. The van der Waals surface area contributed by atoms with Crippen molar-refractivity contribution >= 4 is 32.9 Å². The molecule has 2 aliphatic heterocycles. The number of likely N-dealkylation sites (tertiary alicyclic amines) is 1. The number of morpholine rings is 1. The minimum absolute atomic E-state index is 0.0332. The van der Waals surface area contributed by atoms with Crippen LogP contribution in [0.4, 0.5) is 5.69 Å². The van der Waals surface area contributed by atoms with Crippen LogP contribution >= 0.6 is 11.3 Å². The number of carbonyl (C=O) groups is 1. The number of rotatable bonds is 12. The van der Waals surface area contributed by atoms with Gasteiger partial charge >= 0.3 is 0 Å². The van der Waals surface area contributed by atoms with Gasteiger partial charge in [-0.1, -0.05) is 54.6 Å². The molecule has 3 heterocycles. The van der Waals surface area contributed by atoms with Crippen LogP contribution in [0.3, 0.4) is 0 Å². The van der Waals surface area contributed by atoms with Crippen molar-refractivity contribution in [2.45, 2.75) is 31.9 Å². The third-order valence-electron chi connectivity index (χ3n) is 9.54. The minimum atomic E-state index is -0.0332. The van der Waals surface area contributed by atoms with Gasteiger partial charge in [-0.2, -0.15) is 0 Å². The van der Waals surface area contributed by atoms with Gasteiger partial charge < -0.3 is 24.2 Å². The molecule has 1 aromatic heterocycles. The Morgan fingerprint density at radius 1 is 0.938 bits per heavy atom. The number of aliphatic hydroxyl groups excluding tert-OH is 1. The SMILES string of the molecule is COc1cc(C(=O)c2c(-c3ccc(CCN4CCC[C@H]4CO)cc3)sc3cc(OCc4ccccc4)ccc23)ccc1N1CCOCC1. The maximum absolute atomic E-state index is 14.5. The highest BCUT2D eigenvalue weighted by Crippen LogP contribution is 2.42. The molecule has 8 heteroatoms. The highest BCUT2D eigenvalue weighted by Gasteiger charge is 2.25. The number of fused-ring (bicyclic) bond motifs is 1. The standard InChI is InChI=1S/C40H42N2O5S/c1-45-36-24-31(13-16-35(36)42-20-22-46-23-21-42)39(44)38-34-15-14-33(47-27-29-6-3-2-4-7-29)25-37(34)48-40(38)30-11-9-28(10-12-30)17-19-41-18-5-8-32(41)26-43/h2-4,6-7,9-16,24-25,32,43H,5,8,17-23,26-27H2,1H3/t32-/m0/s1. The summed E-state index contributed by atoms with van der Waals surface area (Å²) in [7, 11) is 1.66. The van der Waals surface area contributed by atoms with Gasteiger partial charge in [0.1, 0.15) is 18.1 Å². The topological polar surface area (TPSA) is 71.5 Å². The van der Waals surface area contributed by atoms with Crippen LogP contribution in [0.2, 0.25) is 0 Å². The molecule has 2 fully saturated rings. The fraction of sp³-hybridized carbons (Fsp3) is 0.325. The lowest BCUT2D eigenvalue weighted by molar-refractivity contribution is 0.104. The maximum Gasteiger partial charge on any atom is 0.195 e. The molecule has 0 amide bonds. The Kier molecular flexibility index (Phi) is 10.0. The van der Waals surface area contributed by atoms with Gasteiger partial charge in [-0.3, -0.25) is 9.69 Å². The van der Waals surface area contributed by atoms with Crippen LogP contribution in [0.5, 0.6) is 11.5 Å². The Morgan fingerprint density at radius 3 is 2.52 bits per heavy atom. The van der Waals surface area contributed by atoms with E-state index >= 15 is 0 Å². The molecule has 5 aromatic rings. The number of ketones is 1. The molecule has 248 valence electrons. The first-order valence-electron chi connectivity index (χ1n) is 16.8. The fourth-order valence-corrected chi connectivity index (χ4v) is 8.09. The number of thiophene rings is 1. The zero-order valence-corrected chi connectivity index (χ0v) is 28.2. The predicted molar refractivity (Wildman–Crippen MR) is 193 cm³/mol. The van der Waals surface area contributed by atoms with E-state index in [0.717, 1.165) is 83.0 Å². The summed E-state index contributed by atoms with van der Waals surface area (Å²) in [4.78, 5) is 20.1. The van der Waals surface area contributed by atoms with E-state index in [1.54, 1.807) is 18.4 Å². The van der Waals surface area contributed by atoms with E-state index in [2.05, 4.69) is 46.2 Å². The number of anilines is 1. The summed E-state index contributed by atoms with van der Waals surface area (Å²) in [5, 5.41) is 10.6. The van der Waals surface area contributed by atoms with E-state index in [4.69, 9.17) is 14.2 Å². The van der Waals surface area contributed by atoms with Crippen LogP contribution in [0.25, 0.3) is 20.5 Å². The van der Waals surface area contributed by atoms with E-state index in [0.29, 0.717) is 36.7 Å². The number of hydrogen-bond acceptors (Lipinski definition) is 8. The van der Waals surface area contributed by atoms with Gasteiger partial charge in [0.2, 0.25) is 0 Å². The Balaban J connectivity index is 1.21. The minimum Gasteiger partial charge on any atom is -0.495 e. The number of carbonyl (C=O) groups excluding carboxylic acids is 1. The molecule has 0 bridgehead atoms. The molecule has 0 saturated carbocycles. The molecule has 0 radical (unpaired) electrons. The molecule has 7 rings (SSSR count). The van der Waals surface area contributed by atoms with Crippen LogP contribution in [-0.4, -0.2) is 74.9 Å². The van der Waals surface area contributed by atoms with Crippen LogP contribution in [0.15, 0.2) is 91.0 Å². The Hall–Kier alpha value is -4.21. The number of ether oxygens (including phenoxy) is 3. The molecule has 1 atom stereocenters. The summed E-state index contributed by atoms with van der Waals surface area (Å²) in [6.45, 7) is 5.60. The zero-order valence-electron chi connectivity index (χ0n) is 27.4. The Labute approximate surface area is 286 Å². The van der Waals surface area contributed by atoms with Crippen LogP contribution in [0, 0.1) is 0 Å². The average Bonchev–Trinajstić information content (AvgIpc) is 3.77. The van der Waals surface area contributed by atoms with Crippen LogP contribution < -0.4 is 14.4 Å². The smallest absolute Gasteiger partial charge is 0.195 e. The Morgan fingerprint density at radius 2 is 1.75 bits per heavy atom. The number of aliphatic hydroxyl groups is 1. The van der Waals surface area contributed by atoms with Crippen molar-refractivity contribution in [1.29, 1.82) is 0 Å². The monoisotopic (exact) mass is 662 g/mol. The van der Waals surface area contributed by atoms with Crippen molar-refractivity contribution in [3.8, 4) is 21.9 Å². The first-order chi connectivity index (χ1) is 23.6. The predicted octanol–water partition coefficient (Wildman–Crippen LogP) is 7.22. The molecule has 1 N–H and O–H groups in total. The average molecular weight is 663 g/mol. The summed E-state index contributed by atoms with van der Waals surface area (Å²) in [6.07, 6.45) is 3.14. The molecule has 7 nitrogen and oxygen atoms in total. The van der Waals surface area contributed by atoms with Crippen LogP contribution in [-0.2, 0) is 17.8 Å². The molecule has 0 unspecified atom stereocenters. The van der Waals surface area contributed by atoms with E-state index in [1.807, 2.05) is 54.6 Å². The van der Waals surface area contributed by atoms with Gasteiger partial charge in [-0.15, -0.1) is 11.3 Å². The summed E-state index contributed by atoms with van der Waals surface area (Å²) < 4.78 is 18.5. The number of methoxy groups -OCH3 is 1. The quantitative estimate of drug-likeness (QED) is 0.142. The second kappa shape index (κ2) is 14.9. The molecule has 0 spiro atoms. The van der Waals surface area contributed by atoms with Gasteiger partial charge in [0.05, 0.1) is 32.6 Å². The molecule has 4 aromatic carbocycles. The van der Waals surface area contributed by atoms with E-state index in [1.165, 1.54) is 5.56 Å². The van der Waals surface area contributed by atoms with Crippen molar-refractivity contribution in [2.24, 2.45) is 0 Å². The summed E-state index contributed by atoms with van der Waals surface area (Å²) in [5.74, 6) is 1.42. The van der Waals surface area contributed by atoms with Crippen molar-refractivity contribution in [3.63, 3.8) is 0 Å². The van der Waals surface area contributed by atoms with Crippen LogP contribution in [0.1, 0.15) is 39.9 Å². The normalized spacial score (nSPS) is 16.8. The van der Waals surface area contributed by atoms with E-state index in [-0.39, 0.29) is 18.4 Å². The fourth-order valence-electron chi connectivity index (χ4n) is 6.86. The third kappa shape index (κ3) is 6.98. The number of hydrogen-bond donors (Lipinski definition) is 1. The van der Waals surface area contributed by atoms with Crippen molar-refractivity contribution in [2.75, 3.05) is 58.0 Å². The lowest BCUT2D eigenvalue weighted by Gasteiger charge is -2.30. The van der Waals surface area contributed by atoms with Gasteiger partial charge in [0, 0.05) is 51.8 Å². The lowest BCUT2D eigenvalue weighted by Crippen LogP contribution is -2.36. The molecule has 2 saturated heterocycles. The van der Waals surface area contributed by atoms with Gasteiger partial charge in [-0.05, 0) is 78.9 Å². The maximum atomic E-state index is 14.5. The first-order valence-corrected chi connectivity index (χ1v) is 17.7. The summed E-state index contributed by atoms with van der Waals surface area (Å²) in [5.41, 5.74) is 5.63. The van der Waals surface area contributed by atoms with Gasteiger partial charge in [0.25, 0.3) is 0 Å². The molecule has 0 aliphatic carbocycles. The molecular weight excluding hydrogens is 621 g/mol. The Bertz CT molecular complexity index is 1850. The highest BCUT2D eigenvalue weighted by atomic mass is 32.1. The second-order valence-corrected chi connectivity index (χ2v) is 13.6. The van der Waals surface area contributed by atoms with Crippen molar-refractivity contribution in [3.05, 3.63) is 113 Å². The van der Waals surface area contributed by atoms with E-state index < -0.39 is 0 Å². The second-order valence-electron chi connectivity index (χ2n) is 12.5. The highest BCUT2D eigenvalue weighted by molar-refractivity contribution is 7.22. The zero-order chi connectivity index (χ0) is 32.9. The molecule has 2 aliphatic rings. The van der Waals surface area contributed by atoms with Gasteiger partial charge in [-0.25, -0.2) is 0 Å². The van der Waals surface area contributed by atoms with E-state index in [9.17, 15) is 9.90 Å². The lowest BCUT2D eigenvalue weighted by atomic mass is 9.96.